The molecule has 2 saturated heterocycles. The fraction of sp³-hybridized carbons (Fsp3) is 0.867. The minimum Gasteiger partial charge on any atom is -0.379 e. The fourth-order valence-electron chi connectivity index (χ4n) is 4.33. The number of hydrogen-bond acceptors (Lipinski definition) is 6. The molecule has 2 atom stereocenters. The van der Waals surface area contributed by atoms with Crippen molar-refractivity contribution in [1.82, 2.24) is 18.8 Å². The summed E-state index contributed by atoms with van der Waals surface area (Å²) in [7, 11) is -3.45. The average Bonchev–Trinajstić information content (AvgIpc) is 3.29. The first-order valence-electron chi connectivity index (χ1n) is 8.72. The van der Waals surface area contributed by atoms with Crippen LogP contribution >= 0.6 is 0 Å². The van der Waals surface area contributed by atoms with E-state index in [2.05, 4.69) is 10.1 Å². The maximum absolute atomic E-state index is 13.0. The van der Waals surface area contributed by atoms with E-state index >= 15 is 0 Å². The maximum Gasteiger partial charge on any atom is 0.282 e. The number of morpholine rings is 1. The zero-order valence-electron chi connectivity index (χ0n) is 14.0. The molecule has 0 N–H and O–H groups in total. The van der Waals surface area contributed by atoms with Crippen molar-refractivity contribution in [2.24, 2.45) is 5.92 Å². The second-order valence-electron chi connectivity index (χ2n) is 6.92. The minimum absolute atomic E-state index is 0.274. The van der Waals surface area contributed by atoms with Gasteiger partial charge in [0.15, 0.2) is 5.82 Å². The molecule has 2 aliphatic heterocycles. The van der Waals surface area contributed by atoms with Gasteiger partial charge in [0.25, 0.3) is 10.2 Å². The third-order valence-corrected chi connectivity index (χ3v) is 7.63. The lowest BCUT2D eigenvalue weighted by Crippen LogP contribution is -2.48. The Kier molecular flexibility index (Phi) is 4.14. The van der Waals surface area contributed by atoms with Gasteiger partial charge in [-0.1, -0.05) is 18.5 Å². The van der Waals surface area contributed by atoms with Crippen molar-refractivity contribution < 1.29 is 17.7 Å². The Morgan fingerprint density at radius 2 is 2.08 bits per heavy atom. The first-order valence-corrected chi connectivity index (χ1v) is 10.1. The molecule has 134 valence electrons. The van der Waals surface area contributed by atoms with Crippen LogP contribution in [0.5, 0.6) is 0 Å². The van der Waals surface area contributed by atoms with Gasteiger partial charge in [-0.2, -0.15) is 22.0 Å². The third kappa shape index (κ3) is 2.49. The molecule has 0 bridgehead atoms. The molecule has 3 fully saturated rings. The summed E-state index contributed by atoms with van der Waals surface area (Å²) in [4.78, 5) is 4.54. The lowest BCUT2D eigenvalue weighted by atomic mass is 9.80. The molecule has 3 heterocycles. The Bertz CT molecular complexity index is 700. The van der Waals surface area contributed by atoms with Crippen LogP contribution in [0, 0.1) is 5.92 Å². The first kappa shape index (κ1) is 16.4. The van der Waals surface area contributed by atoms with Gasteiger partial charge in [-0.05, 0) is 18.8 Å². The van der Waals surface area contributed by atoms with Crippen molar-refractivity contribution in [3.8, 4) is 0 Å². The first-order chi connectivity index (χ1) is 11.6. The fourth-order valence-corrected chi connectivity index (χ4v) is 6.02. The van der Waals surface area contributed by atoms with Crippen molar-refractivity contribution >= 4 is 10.2 Å². The van der Waals surface area contributed by atoms with E-state index in [1.165, 1.54) is 0 Å². The van der Waals surface area contributed by atoms with Gasteiger partial charge in [0.2, 0.25) is 5.89 Å². The highest BCUT2D eigenvalue weighted by atomic mass is 32.2. The van der Waals surface area contributed by atoms with Gasteiger partial charge in [0.05, 0.1) is 18.6 Å². The molecule has 1 saturated carbocycles. The summed E-state index contributed by atoms with van der Waals surface area (Å²) in [5.74, 6) is 1.59. The van der Waals surface area contributed by atoms with Crippen LogP contribution in [0.2, 0.25) is 0 Å². The summed E-state index contributed by atoms with van der Waals surface area (Å²) < 4.78 is 39.7. The molecular weight excluding hydrogens is 332 g/mol. The Labute approximate surface area is 142 Å². The Morgan fingerprint density at radius 3 is 2.79 bits per heavy atom. The summed E-state index contributed by atoms with van der Waals surface area (Å²) in [5.41, 5.74) is -0.281. The molecule has 0 radical (unpaired) electrons. The van der Waals surface area contributed by atoms with Gasteiger partial charge in [0.1, 0.15) is 0 Å². The summed E-state index contributed by atoms with van der Waals surface area (Å²) in [6, 6.07) is 0. The van der Waals surface area contributed by atoms with Crippen LogP contribution in [-0.2, 0) is 26.8 Å². The monoisotopic (exact) mass is 356 g/mol. The van der Waals surface area contributed by atoms with E-state index in [0.29, 0.717) is 57.5 Å². The zero-order valence-corrected chi connectivity index (χ0v) is 14.8. The molecule has 1 aromatic heterocycles. The molecule has 9 heteroatoms. The summed E-state index contributed by atoms with van der Waals surface area (Å²) in [6.07, 6.45) is 3.73. The Hall–Kier alpha value is -1.03. The molecule has 0 spiro atoms. The van der Waals surface area contributed by atoms with E-state index in [1.54, 1.807) is 8.61 Å². The van der Waals surface area contributed by atoms with Gasteiger partial charge in [-0.25, -0.2) is 0 Å². The minimum atomic E-state index is -3.45. The molecule has 1 aromatic rings. The van der Waals surface area contributed by atoms with Crippen LogP contribution in [0.4, 0.5) is 0 Å². The van der Waals surface area contributed by atoms with Gasteiger partial charge < -0.3 is 9.26 Å². The molecule has 0 unspecified atom stereocenters. The van der Waals surface area contributed by atoms with E-state index in [4.69, 9.17) is 9.26 Å². The van der Waals surface area contributed by atoms with Crippen LogP contribution < -0.4 is 0 Å². The van der Waals surface area contributed by atoms with Crippen LogP contribution in [0.15, 0.2) is 4.52 Å². The predicted octanol–water partition coefficient (Wildman–Crippen LogP) is 0.563. The van der Waals surface area contributed by atoms with Crippen molar-refractivity contribution in [3.63, 3.8) is 0 Å². The third-order valence-electron chi connectivity index (χ3n) is 5.68. The van der Waals surface area contributed by atoms with E-state index in [9.17, 15) is 8.42 Å². The lowest BCUT2D eigenvalue weighted by Gasteiger charge is -2.31. The number of fused-ring (bicyclic) bond motifs is 1. The summed E-state index contributed by atoms with van der Waals surface area (Å²) >= 11 is 0. The SMILES string of the molecule is CCc1nc([C@@]23CCC[C@@H]2CN(S(=O)(=O)N2CCOCC2)C3)no1. The average molecular weight is 356 g/mol. The Balaban J connectivity index is 1.61. The Morgan fingerprint density at radius 1 is 1.29 bits per heavy atom. The molecule has 8 nitrogen and oxygen atoms in total. The van der Waals surface area contributed by atoms with Gasteiger partial charge in [0, 0.05) is 32.6 Å². The molecular formula is C15H24N4O4S. The molecule has 0 aromatic carbocycles. The topological polar surface area (TPSA) is 88.8 Å². The molecule has 24 heavy (non-hydrogen) atoms. The largest absolute Gasteiger partial charge is 0.379 e. The lowest BCUT2D eigenvalue weighted by molar-refractivity contribution is 0.0704. The highest BCUT2D eigenvalue weighted by Crippen LogP contribution is 2.50. The number of aromatic nitrogens is 2. The predicted molar refractivity (Wildman–Crippen MR) is 85.6 cm³/mol. The van der Waals surface area contributed by atoms with Gasteiger partial charge >= 0.3 is 0 Å². The standard InChI is InChI=1S/C15H24N4O4S/c1-2-13-16-14(17-23-13)15-5-3-4-12(15)10-19(11-15)24(20,21)18-6-8-22-9-7-18/h12H,2-11H2,1H3/t12-,15-/m1/s1. The highest BCUT2D eigenvalue weighted by molar-refractivity contribution is 7.86. The number of ether oxygens (including phenoxy) is 1. The quantitative estimate of drug-likeness (QED) is 0.783. The molecule has 1 aliphatic carbocycles. The second-order valence-corrected chi connectivity index (χ2v) is 8.85. The van der Waals surface area contributed by atoms with Crippen molar-refractivity contribution in [1.29, 1.82) is 0 Å². The van der Waals surface area contributed by atoms with Crippen LogP contribution in [0.1, 0.15) is 37.9 Å². The smallest absolute Gasteiger partial charge is 0.282 e. The number of aryl methyl sites for hydroxylation is 1. The molecule has 4 rings (SSSR count). The maximum atomic E-state index is 13.0. The number of hydrogen-bond donors (Lipinski definition) is 0. The number of nitrogens with zero attached hydrogens (tertiary/aromatic N) is 4. The van der Waals surface area contributed by atoms with Crippen molar-refractivity contribution in [2.45, 2.75) is 38.0 Å². The molecule has 0 amide bonds. The van der Waals surface area contributed by atoms with E-state index in [-0.39, 0.29) is 11.3 Å². The van der Waals surface area contributed by atoms with E-state index in [0.717, 1.165) is 19.3 Å². The van der Waals surface area contributed by atoms with Crippen LogP contribution in [0.25, 0.3) is 0 Å². The van der Waals surface area contributed by atoms with Gasteiger partial charge in [-0.3, -0.25) is 0 Å². The molecule has 3 aliphatic rings. The summed E-state index contributed by atoms with van der Waals surface area (Å²) in [5, 5.41) is 4.19. The second kappa shape index (κ2) is 6.05. The number of rotatable bonds is 4. The van der Waals surface area contributed by atoms with Crippen molar-refractivity contribution in [3.05, 3.63) is 11.7 Å². The van der Waals surface area contributed by atoms with Crippen LogP contribution in [0.3, 0.4) is 0 Å². The van der Waals surface area contributed by atoms with Gasteiger partial charge in [-0.15, -0.1) is 0 Å². The van der Waals surface area contributed by atoms with Crippen molar-refractivity contribution in [2.75, 3.05) is 39.4 Å². The zero-order chi connectivity index (χ0) is 16.8. The normalized spacial score (nSPS) is 32.3. The summed E-state index contributed by atoms with van der Waals surface area (Å²) in [6.45, 7) is 4.77. The van der Waals surface area contributed by atoms with E-state index in [1.807, 2.05) is 6.92 Å². The van der Waals surface area contributed by atoms with E-state index < -0.39 is 10.2 Å². The highest BCUT2D eigenvalue weighted by Gasteiger charge is 2.56. The van der Waals surface area contributed by atoms with Crippen LogP contribution in [-0.4, -0.2) is 66.6 Å².